The topological polar surface area (TPSA) is 44.5 Å². The lowest BCUT2D eigenvalue weighted by Crippen LogP contribution is -2.17. The average Bonchev–Trinajstić information content (AvgIpc) is 2.81. The molecule has 2 rings (SSSR count). The maximum absolute atomic E-state index is 5.78. The summed E-state index contributed by atoms with van der Waals surface area (Å²) in [5.41, 5.74) is 7.49. The minimum Gasteiger partial charge on any atom is -0.491 e. The zero-order valence-corrected chi connectivity index (χ0v) is 11.6. The summed E-state index contributed by atoms with van der Waals surface area (Å²) < 4.78 is 11.5. The van der Waals surface area contributed by atoms with Crippen LogP contribution in [0.3, 0.4) is 0 Å². The first-order valence-electron chi connectivity index (χ1n) is 6.77. The van der Waals surface area contributed by atoms with Gasteiger partial charge in [0.05, 0.1) is 18.8 Å². The minimum absolute atomic E-state index is 0.229. The maximum Gasteiger partial charge on any atom is 0.119 e. The van der Waals surface area contributed by atoms with Gasteiger partial charge in [0.2, 0.25) is 0 Å². The lowest BCUT2D eigenvalue weighted by molar-refractivity contribution is 0.0264. The van der Waals surface area contributed by atoms with Gasteiger partial charge in [-0.3, -0.25) is 0 Å². The van der Waals surface area contributed by atoms with Crippen molar-refractivity contribution in [1.82, 2.24) is 0 Å². The van der Waals surface area contributed by atoms with Crippen molar-refractivity contribution in [3.05, 3.63) is 29.3 Å². The highest BCUT2D eigenvalue weighted by molar-refractivity contribution is 5.44. The molecule has 102 valence electrons. The molecule has 1 heterocycles. The Kier molecular flexibility index (Phi) is 4.84. The predicted octanol–water partition coefficient (Wildman–Crippen LogP) is 2.25. The number of hydrogen-bond donors (Lipinski definition) is 1. The van der Waals surface area contributed by atoms with E-state index in [1.54, 1.807) is 0 Å². The molecular formula is C16H21NO2. The second kappa shape index (κ2) is 6.60. The smallest absolute Gasteiger partial charge is 0.119 e. The van der Waals surface area contributed by atoms with Crippen LogP contribution in [0.5, 0.6) is 5.75 Å². The second-order valence-corrected chi connectivity index (χ2v) is 4.94. The number of ether oxygens (including phenoxy) is 2. The minimum atomic E-state index is 0.229. The van der Waals surface area contributed by atoms with Gasteiger partial charge in [-0.1, -0.05) is 11.8 Å². The van der Waals surface area contributed by atoms with Crippen molar-refractivity contribution >= 4 is 0 Å². The van der Waals surface area contributed by atoms with Crippen LogP contribution in [-0.2, 0) is 4.74 Å². The number of benzene rings is 1. The summed E-state index contributed by atoms with van der Waals surface area (Å²) in [6.07, 6.45) is 2.80. The largest absolute Gasteiger partial charge is 0.491 e. The zero-order valence-electron chi connectivity index (χ0n) is 11.6. The molecule has 1 aliphatic rings. The molecule has 1 aromatic carbocycles. The Bertz CT molecular complexity index is 487. The Morgan fingerprint density at radius 3 is 2.89 bits per heavy atom. The molecule has 1 fully saturated rings. The van der Waals surface area contributed by atoms with E-state index in [-0.39, 0.29) is 6.10 Å². The summed E-state index contributed by atoms with van der Waals surface area (Å²) in [6, 6.07) is 5.94. The van der Waals surface area contributed by atoms with Crippen molar-refractivity contribution in [3.8, 4) is 17.6 Å². The van der Waals surface area contributed by atoms with E-state index < -0.39 is 0 Å². The molecular weight excluding hydrogens is 238 g/mol. The van der Waals surface area contributed by atoms with E-state index in [4.69, 9.17) is 15.2 Å². The zero-order chi connectivity index (χ0) is 13.7. The van der Waals surface area contributed by atoms with E-state index in [1.165, 1.54) is 0 Å². The molecule has 2 N–H and O–H groups in total. The first kappa shape index (κ1) is 13.9. The van der Waals surface area contributed by atoms with Gasteiger partial charge in [-0.2, -0.15) is 0 Å². The van der Waals surface area contributed by atoms with E-state index in [9.17, 15) is 0 Å². The van der Waals surface area contributed by atoms with Crippen LogP contribution in [0.2, 0.25) is 0 Å². The Balaban J connectivity index is 1.92. The molecule has 2 unspecified atom stereocenters. The van der Waals surface area contributed by atoms with Gasteiger partial charge in [0.15, 0.2) is 0 Å². The van der Waals surface area contributed by atoms with Crippen molar-refractivity contribution in [2.24, 2.45) is 5.73 Å². The van der Waals surface area contributed by atoms with Crippen LogP contribution in [0, 0.1) is 18.8 Å². The van der Waals surface area contributed by atoms with Crippen molar-refractivity contribution in [3.63, 3.8) is 0 Å². The molecule has 0 amide bonds. The first-order chi connectivity index (χ1) is 9.19. The van der Waals surface area contributed by atoms with E-state index in [2.05, 4.69) is 18.8 Å². The van der Waals surface area contributed by atoms with Crippen LogP contribution < -0.4 is 10.5 Å². The van der Waals surface area contributed by atoms with Crippen LogP contribution in [0.4, 0.5) is 0 Å². The molecule has 3 heteroatoms. The second-order valence-electron chi connectivity index (χ2n) is 4.94. The molecule has 19 heavy (non-hydrogen) atoms. The van der Waals surface area contributed by atoms with Crippen molar-refractivity contribution in [2.75, 3.05) is 13.2 Å². The van der Waals surface area contributed by atoms with E-state index in [0.717, 1.165) is 29.7 Å². The van der Waals surface area contributed by atoms with E-state index in [1.807, 2.05) is 25.1 Å². The van der Waals surface area contributed by atoms with Crippen molar-refractivity contribution in [2.45, 2.75) is 38.9 Å². The summed E-state index contributed by atoms with van der Waals surface area (Å²) in [7, 11) is 0. The fourth-order valence-corrected chi connectivity index (χ4v) is 2.21. The third-order valence-electron chi connectivity index (χ3n) is 3.28. The van der Waals surface area contributed by atoms with Gasteiger partial charge in [-0.15, -0.1) is 0 Å². The number of hydrogen-bond acceptors (Lipinski definition) is 3. The van der Waals surface area contributed by atoms with Crippen LogP contribution in [0.25, 0.3) is 0 Å². The van der Waals surface area contributed by atoms with Gasteiger partial charge < -0.3 is 15.2 Å². The third-order valence-corrected chi connectivity index (χ3v) is 3.28. The molecule has 0 saturated carbocycles. The summed E-state index contributed by atoms with van der Waals surface area (Å²) in [4.78, 5) is 0. The molecule has 0 aliphatic carbocycles. The third kappa shape index (κ3) is 3.99. The van der Waals surface area contributed by atoms with Crippen LogP contribution in [0.15, 0.2) is 18.2 Å². The molecule has 2 atom stereocenters. The van der Waals surface area contributed by atoms with Crippen molar-refractivity contribution < 1.29 is 9.47 Å². The predicted molar refractivity (Wildman–Crippen MR) is 76.2 cm³/mol. The molecule has 0 aromatic heterocycles. The molecule has 1 aliphatic heterocycles. The van der Waals surface area contributed by atoms with Gasteiger partial charge >= 0.3 is 0 Å². The maximum atomic E-state index is 5.78. The average molecular weight is 259 g/mol. The van der Waals surface area contributed by atoms with Gasteiger partial charge in [-0.25, -0.2) is 0 Å². The summed E-state index contributed by atoms with van der Waals surface area (Å²) >= 11 is 0. The highest BCUT2D eigenvalue weighted by Crippen LogP contribution is 2.21. The lowest BCUT2D eigenvalue weighted by Gasteiger charge is -2.13. The van der Waals surface area contributed by atoms with Crippen LogP contribution in [-0.4, -0.2) is 25.4 Å². The Morgan fingerprint density at radius 2 is 2.26 bits per heavy atom. The SMILES string of the molecule is Cc1cc(OCC2CCC(C)O2)ccc1C#CCN. The van der Waals surface area contributed by atoms with E-state index in [0.29, 0.717) is 19.3 Å². The first-order valence-corrected chi connectivity index (χ1v) is 6.77. The monoisotopic (exact) mass is 259 g/mol. The van der Waals surface area contributed by atoms with Gasteiger partial charge in [0, 0.05) is 5.56 Å². The van der Waals surface area contributed by atoms with Gasteiger partial charge in [0.1, 0.15) is 12.4 Å². The Hall–Kier alpha value is -1.50. The molecule has 0 bridgehead atoms. The molecule has 3 nitrogen and oxygen atoms in total. The number of aryl methyl sites for hydroxylation is 1. The van der Waals surface area contributed by atoms with Crippen LogP contribution >= 0.6 is 0 Å². The van der Waals surface area contributed by atoms with Crippen molar-refractivity contribution in [1.29, 1.82) is 0 Å². The summed E-state index contributed by atoms with van der Waals surface area (Å²) in [5, 5.41) is 0. The highest BCUT2D eigenvalue weighted by Gasteiger charge is 2.22. The highest BCUT2D eigenvalue weighted by atomic mass is 16.5. The Morgan fingerprint density at radius 1 is 1.42 bits per heavy atom. The number of nitrogens with two attached hydrogens (primary N) is 1. The molecule has 0 spiro atoms. The van der Waals surface area contributed by atoms with Crippen LogP contribution in [0.1, 0.15) is 30.9 Å². The lowest BCUT2D eigenvalue weighted by atomic mass is 10.1. The quantitative estimate of drug-likeness (QED) is 0.847. The standard InChI is InChI=1S/C16H21NO2/c1-12-10-15(8-6-14(12)4-3-9-17)18-11-16-7-5-13(2)19-16/h6,8,10,13,16H,5,7,9,11,17H2,1-2H3. The summed E-state index contributed by atoms with van der Waals surface area (Å²) in [5.74, 6) is 6.79. The molecule has 0 radical (unpaired) electrons. The fraction of sp³-hybridized carbons (Fsp3) is 0.500. The van der Waals surface area contributed by atoms with E-state index >= 15 is 0 Å². The molecule has 1 aromatic rings. The Labute approximate surface area is 115 Å². The molecule has 1 saturated heterocycles. The normalized spacial score (nSPS) is 21.8. The van der Waals surface area contributed by atoms with Gasteiger partial charge in [-0.05, 0) is 50.5 Å². The fourth-order valence-electron chi connectivity index (χ4n) is 2.21. The number of rotatable bonds is 3. The van der Waals surface area contributed by atoms with Gasteiger partial charge in [0.25, 0.3) is 0 Å². The summed E-state index contributed by atoms with van der Waals surface area (Å²) in [6.45, 7) is 5.14.